The molecule has 0 saturated carbocycles. The molecule has 0 aliphatic carbocycles. The number of carbonyl (C=O) groups excluding carboxylic acids is 1. The van der Waals surface area contributed by atoms with Gasteiger partial charge in [0, 0.05) is 17.4 Å². The molecule has 122 valence electrons. The summed E-state index contributed by atoms with van der Waals surface area (Å²) >= 11 is 0. The molecule has 23 heavy (non-hydrogen) atoms. The Kier molecular flexibility index (Phi) is 4.91. The molecule has 1 heterocycles. The van der Waals surface area contributed by atoms with Gasteiger partial charge in [-0.3, -0.25) is 9.78 Å². The molecule has 0 unspecified atom stereocenters. The van der Waals surface area contributed by atoms with Crippen LogP contribution >= 0.6 is 0 Å². The Morgan fingerprint density at radius 3 is 2.09 bits per heavy atom. The summed E-state index contributed by atoms with van der Waals surface area (Å²) in [6.07, 6.45) is 1.66. The standard InChI is InChI=1S/C18H26N2OSi2/c1-22(2,3)20(23(4,5)6)16-11-9-10-15(14-16)18(21)17-12-7-8-13-19-17/h7-14H,1-6H3. The number of ketones is 1. The van der Waals surface area contributed by atoms with Gasteiger partial charge in [-0.1, -0.05) is 57.5 Å². The van der Waals surface area contributed by atoms with E-state index in [0.29, 0.717) is 11.3 Å². The van der Waals surface area contributed by atoms with Gasteiger partial charge >= 0.3 is 0 Å². The molecule has 1 aromatic carbocycles. The van der Waals surface area contributed by atoms with Crippen molar-refractivity contribution in [3.63, 3.8) is 0 Å². The van der Waals surface area contributed by atoms with Gasteiger partial charge in [0.15, 0.2) is 0 Å². The average molecular weight is 343 g/mol. The third-order valence-electron chi connectivity index (χ3n) is 3.61. The molecule has 0 aliphatic heterocycles. The maximum atomic E-state index is 12.7. The van der Waals surface area contributed by atoms with Crippen LogP contribution in [-0.2, 0) is 0 Å². The van der Waals surface area contributed by atoms with Gasteiger partial charge in [0.1, 0.15) is 22.2 Å². The van der Waals surface area contributed by atoms with Gasteiger partial charge < -0.3 is 4.23 Å². The molecule has 1 aromatic heterocycles. The minimum absolute atomic E-state index is 0.0152. The molecule has 0 aliphatic rings. The smallest absolute Gasteiger partial charge is 0.211 e. The van der Waals surface area contributed by atoms with Crippen LogP contribution in [0.15, 0.2) is 48.7 Å². The lowest BCUT2D eigenvalue weighted by Crippen LogP contribution is -2.59. The van der Waals surface area contributed by atoms with Crippen molar-refractivity contribution in [1.82, 2.24) is 4.98 Å². The Balaban J connectivity index is 2.45. The Morgan fingerprint density at radius 1 is 0.913 bits per heavy atom. The topological polar surface area (TPSA) is 33.2 Å². The molecule has 2 rings (SSSR count). The summed E-state index contributed by atoms with van der Waals surface area (Å²) in [6.45, 7) is 14.2. The lowest BCUT2D eigenvalue weighted by Gasteiger charge is -2.46. The number of rotatable bonds is 5. The highest BCUT2D eigenvalue weighted by molar-refractivity contribution is 6.99. The van der Waals surface area contributed by atoms with Gasteiger partial charge in [-0.2, -0.15) is 0 Å². The van der Waals surface area contributed by atoms with Crippen LogP contribution in [0.2, 0.25) is 39.3 Å². The van der Waals surface area contributed by atoms with Crippen molar-refractivity contribution in [3.8, 4) is 0 Å². The summed E-state index contributed by atoms with van der Waals surface area (Å²) in [5, 5.41) is 0. The molecular formula is C18H26N2OSi2. The zero-order valence-corrected chi connectivity index (χ0v) is 16.9. The van der Waals surface area contributed by atoms with E-state index in [1.807, 2.05) is 30.3 Å². The molecular weight excluding hydrogens is 316 g/mol. The number of carbonyl (C=O) groups is 1. The molecule has 0 amide bonds. The van der Waals surface area contributed by atoms with Crippen LogP contribution in [0.1, 0.15) is 16.1 Å². The number of hydrogen-bond donors (Lipinski definition) is 0. The zero-order valence-electron chi connectivity index (χ0n) is 14.9. The van der Waals surface area contributed by atoms with Crippen LogP contribution in [0.3, 0.4) is 0 Å². The number of benzene rings is 1. The van der Waals surface area contributed by atoms with Gasteiger partial charge in [-0.25, -0.2) is 0 Å². The Morgan fingerprint density at radius 2 is 1.57 bits per heavy atom. The highest BCUT2D eigenvalue weighted by Crippen LogP contribution is 2.29. The second kappa shape index (κ2) is 6.41. The first kappa shape index (κ1) is 17.6. The summed E-state index contributed by atoms with van der Waals surface area (Å²) in [7, 11) is -3.06. The number of hydrogen-bond acceptors (Lipinski definition) is 3. The number of pyridine rings is 1. The Hall–Kier alpha value is -1.73. The van der Waals surface area contributed by atoms with Crippen LogP contribution in [0.25, 0.3) is 0 Å². The van der Waals surface area contributed by atoms with E-state index in [4.69, 9.17) is 0 Å². The monoisotopic (exact) mass is 342 g/mol. The van der Waals surface area contributed by atoms with Crippen molar-refractivity contribution in [1.29, 1.82) is 0 Å². The van der Waals surface area contributed by atoms with Crippen molar-refractivity contribution < 1.29 is 4.79 Å². The highest BCUT2D eigenvalue weighted by atomic mass is 28.4. The predicted molar refractivity (Wildman–Crippen MR) is 103 cm³/mol. The fourth-order valence-electron chi connectivity index (χ4n) is 3.21. The van der Waals surface area contributed by atoms with Crippen molar-refractivity contribution in [2.24, 2.45) is 0 Å². The van der Waals surface area contributed by atoms with E-state index in [9.17, 15) is 4.79 Å². The molecule has 0 atom stereocenters. The first-order valence-electron chi connectivity index (χ1n) is 7.97. The van der Waals surface area contributed by atoms with Crippen molar-refractivity contribution in [3.05, 3.63) is 59.9 Å². The second-order valence-electron chi connectivity index (χ2n) is 7.77. The van der Waals surface area contributed by atoms with E-state index in [1.165, 1.54) is 5.69 Å². The molecule has 0 saturated heterocycles. The largest absolute Gasteiger partial charge is 0.425 e. The van der Waals surface area contributed by atoms with E-state index in [-0.39, 0.29) is 5.78 Å². The Labute approximate surface area is 141 Å². The fourth-order valence-corrected chi connectivity index (χ4v) is 13.1. The summed E-state index contributed by atoms with van der Waals surface area (Å²) in [5.41, 5.74) is 2.38. The van der Waals surface area contributed by atoms with Gasteiger partial charge in [0.25, 0.3) is 0 Å². The SMILES string of the molecule is C[Si](C)(C)N(c1cccc(C(=O)c2ccccn2)c1)[Si](C)(C)C. The van der Waals surface area contributed by atoms with Crippen LogP contribution in [0.4, 0.5) is 5.69 Å². The van der Waals surface area contributed by atoms with Crippen molar-refractivity contribution in [2.75, 3.05) is 4.23 Å². The van der Waals surface area contributed by atoms with Gasteiger partial charge in [0.2, 0.25) is 5.78 Å². The average Bonchev–Trinajstić information content (AvgIpc) is 2.44. The van der Waals surface area contributed by atoms with Crippen LogP contribution in [0, 0.1) is 0 Å². The van der Waals surface area contributed by atoms with Gasteiger partial charge in [-0.05, 0) is 24.3 Å². The zero-order chi connectivity index (χ0) is 17.3. The quantitative estimate of drug-likeness (QED) is 0.578. The van der Waals surface area contributed by atoms with E-state index in [2.05, 4.69) is 54.6 Å². The van der Waals surface area contributed by atoms with Crippen molar-refractivity contribution in [2.45, 2.75) is 39.3 Å². The summed E-state index contributed by atoms with van der Waals surface area (Å²) < 4.78 is 2.62. The molecule has 0 fully saturated rings. The minimum Gasteiger partial charge on any atom is -0.425 e. The summed E-state index contributed by atoms with van der Waals surface area (Å²) in [5.74, 6) is -0.0152. The van der Waals surface area contributed by atoms with Crippen LogP contribution in [-0.4, -0.2) is 27.2 Å². The molecule has 0 radical (unpaired) electrons. The van der Waals surface area contributed by atoms with E-state index < -0.39 is 16.5 Å². The normalized spacial score (nSPS) is 12.1. The second-order valence-corrected chi connectivity index (χ2v) is 17.8. The van der Waals surface area contributed by atoms with Crippen LogP contribution < -0.4 is 4.23 Å². The molecule has 0 N–H and O–H groups in total. The van der Waals surface area contributed by atoms with Gasteiger partial charge in [-0.15, -0.1) is 0 Å². The minimum atomic E-state index is -1.53. The third kappa shape index (κ3) is 4.17. The maximum Gasteiger partial charge on any atom is 0.211 e. The third-order valence-corrected chi connectivity index (χ3v) is 10.8. The first-order valence-corrected chi connectivity index (χ1v) is 14.9. The summed E-state index contributed by atoms with van der Waals surface area (Å²) in [4.78, 5) is 16.8. The van der Waals surface area contributed by atoms with Crippen molar-refractivity contribution >= 4 is 27.9 Å². The highest BCUT2D eigenvalue weighted by Gasteiger charge is 2.34. The number of anilines is 1. The van der Waals surface area contributed by atoms with E-state index >= 15 is 0 Å². The number of nitrogens with zero attached hydrogens (tertiary/aromatic N) is 2. The molecule has 5 heteroatoms. The molecule has 2 aromatic rings. The Bertz CT molecular complexity index is 674. The first-order chi connectivity index (χ1) is 10.6. The van der Waals surface area contributed by atoms with E-state index in [1.54, 1.807) is 12.3 Å². The van der Waals surface area contributed by atoms with Crippen LogP contribution in [0.5, 0.6) is 0 Å². The number of aromatic nitrogens is 1. The fraction of sp³-hybridized carbons (Fsp3) is 0.333. The maximum absolute atomic E-state index is 12.7. The molecule has 0 bridgehead atoms. The predicted octanol–water partition coefficient (Wildman–Crippen LogP) is 4.79. The summed E-state index contributed by atoms with van der Waals surface area (Å²) in [6, 6.07) is 13.5. The molecule has 0 spiro atoms. The lowest BCUT2D eigenvalue weighted by atomic mass is 10.1. The molecule has 3 nitrogen and oxygen atoms in total. The lowest BCUT2D eigenvalue weighted by molar-refractivity contribution is 0.103. The van der Waals surface area contributed by atoms with E-state index in [0.717, 1.165) is 0 Å². The van der Waals surface area contributed by atoms with Gasteiger partial charge in [0.05, 0.1) is 0 Å².